The quantitative estimate of drug-likeness (QED) is 0.851. The van der Waals surface area contributed by atoms with Crippen LogP contribution in [0.5, 0.6) is 0 Å². The predicted octanol–water partition coefficient (Wildman–Crippen LogP) is 2.27. The summed E-state index contributed by atoms with van der Waals surface area (Å²) in [6, 6.07) is 0. The van der Waals surface area contributed by atoms with Gasteiger partial charge < -0.3 is 0 Å². The summed E-state index contributed by atoms with van der Waals surface area (Å²) < 4.78 is 0.0341. The Hall–Kier alpha value is -1.49. The molecule has 1 fully saturated rings. The summed E-state index contributed by atoms with van der Waals surface area (Å²) in [5.41, 5.74) is 4.21. The van der Waals surface area contributed by atoms with Gasteiger partial charge in [-0.2, -0.15) is 0 Å². The molecule has 0 radical (unpaired) electrons. The van der Waals surface area contributed by atoms with E-state index in [2.05, 4.69) is 34.7 Å². The molecule has 1 amide bonds. The summed E-state index contributed by atoms with van der Waals surface area (Å²) in [5, 5.41) is 1.91. The van der Waals surface area contributed by atoms with Crippen LogP contribution in [-0.2, 0) is 4.79 Å². The van der Waals surface area contributed by atoms with Gasteiger partial charge in [0.05, 0.1) is 16.4 Å². The van der Waals surface area contributed by atoms with E-state index in [4.69, 9.17) is 0 Å². The molecule has 0 aromatic heterocycles. The molecule has 4 rings (SSSR count). The van der Waals surface area contributed by atoms with E-state index in [1.807, 2.05) is 29.2 Å². The van der Waals surface area contributed by atoms with Gasteiger partial charge in [-0.05, 0) is 31.3 Å². The summed E-state index contributed by atoms with van der Waals surface area (Å²) in [6.07, 6.45) is 15.4. The molecule has 1 N–H and O–H groups in total. The SMILES string of the molecule is O=C(NN1C=CCC1)C1CSC23CC=CC=C2N=CCC13. The Kier molecular flexibility index (Phi) is 3.17. The van der Waals surface area contributed by atoms with Gasteiger partial charge in [-0.3, -0.25) is 20.2 Å². The fourth-order valence-electron chi connectivity index (χ4n) is 3.75. The average Bonchev–Trinajstić information content (AvgIpc) is 3.13. The minimum Gasteiger partial charge on any atom is -0.293 e. The zero-order valence-electron chi connectivity index (χ0n) is 11.9. The standard InChI is InChI=1S/C16H19N3OS/c20-15(18-19-9-3-4-10-19)12-11-21-16-7-2-1-5-14(16)17-8-6-13(12)16/h1-3,5,8-9,12-13H,4,6-7,10-11H2,(H,18,20). The Balaban J connectivity index is 1.55. The highest BCUT2D eigenvalue weighted by Gasteiger charge is 2.54. The first-order valence-electron chi connectivity index (χ1n) is 7.57. The van der Waals surface area contributed by atoms with E-state index < -0.39 is 0 Å². The van der Waals surface area contributed by atoms with Gasteiger partial charge in [-0.1, -0.05) is 18.2 Å². The lowest BCUT2D eigenvalue weighted by Gasteiger charge is -2.39. The van der Waals surface area contributed by atoms with Crippen LogP contribution >= 0.6 is 11.8 Å². The van der Waals surface area contributed by atoms with Gasteiger partial charge in [0.15, 0.2) is 0 Å². The van der Waals surface area contributed by atoms with E-state index >= 15 is 0 Å². The van der Waals surface area contributed by atoms with Crippen LogP contribution in [0.25, 0.3) is 0 Å². The number of nitrogens with one attached hydrogen (secondary N) is 1. The molecule has 1 spiro atoms. The number of hydrazine groups is 1. The van der Waals surface area contributed by atoms with Gasteiger partial charge in [-0.15, -0.1) is 11.8 Å². The summed E-state index contributed by atoms with van der Waals surface area (Å²) >= 11 is 1.92. The third kappa shape index (κ3) is 2.06. The van der Waals surface area contributed by atoms with Gasteiger partial charge in [0.25, 0.3) is 0 Å². The Morgan fingerprint density at radius 1 is 1.48 bits per heavy atom. The summed E-state index contributed by atoms with van der Waals surface area (Å²) in [5.74, 6) is 1.50. The largest absolute Gasteiger partial charge is 0.293 e. The van der Waals surface area contributed by atoms with Crippen molar-refractivity contribution in [1.82, 2.24) is 10.4 Å². The molecule has 1 aliphatic carbocycles. The minimum absolute atomic E-state index is 0.0341. The molecular weight excluding hydrogens is 282 g/mol. The summed E-state index contributed by atoms with van der Waals surface area (Å²) in [7, 11) is 0. The highest BCUT2D eigenvalue weighted by atomic mass is 32.2. The zero-order chi connectivity index (χ0) is 14.3. The maximum Gasteiger partial charge on any atom is 0.242 e. The van der Waals surface area contributed by atoms with E-state index in [1.165, 1.54) is 0 Å². The Morgan fingerprint density at radius 3 is 3.29 bits per heavy atom. The second kappa shape index (κ2) is 5.05. The Labute approximate surface area is 129 Å². The number of hydrogen-bond acceptors (Lipinski definition) is 4. The lowest BCUT2D eigenvalue weighted by molar-refractivity contribution is -0.129. The van der Waals surface area contributed by atoms with E-state index in [9.17, 15) is 4.79 Å². The second-order valence-electron chi connectivity index (χ2n) is 5.99. The molecule has 5 heteroatoms. The van der Waals surface area contributed by atoms with E-state index in [1.54, 1.807) is 0 Å². The first kappa shape index (κ1) is 13.2. The molecule has 110 valence electrons. The van der Waals surface area contributed by atoms with E-state index in [-0.39, 0.29) is 16.6 Å². The van der Waals surface area contributed by atoms with Gasteiger partial charge in [-0.25, -0.2) is 0 Å². The maximum absolute atomic E-state index is 12.6. The van der Waals surface area contributed by atoms with Crippen LogP contribution in [-0.4, -0.2) is 34.2 Å². The number of rotatable bonds is 2. The van der Waals surface area contributed by atoms with Crippen molar-refractivity contribution in [2.75, 3.05) is 12.3 Å². The molecule has 0 saturated carbocycles. The monoisotopic (exact) mass is 301 g/mol. The molecule has 4 aliphatic rings. The number of carbonyl (C=O) groups is 1. The zero-order valence-corrected chi connectivity index (χ0v) is 12.7. The maximum atomic E-state index is 12.6. The third-order valence-electron chi connectivity index (χ3n) is 4.85. The second-order valence-corrected chi connectivity index (χ2v) is 7.34. The van der Waals surface area contributed by atoms with Crippen molar-refractivity contribution in [2.24, 2.45) is 16.8 Å². The van der Waals surface area contributed by atoms with Crippen LogP contribution in [0.2, 0.25) is 0 Å². The predicted molar refractivity (Wildman–Crippen MR) is 85.7 cm³/mol. The molecule has 3 heterocycles. The van der Waals surface area contributed by atoms with Crippen LogP contribution in [0.15, 0.2) is 41.2 Å². The highest BCUT2D eigenvalue weighted by Crippen LogP contribution is 2.56. The summed E-state index contributed by atoms with van der Waals surface area (Å²) in [6.45, 7) is 0.886. The third-order valence-corrected chi connectivity index (χ3v) is 6.57. The number of carbonyl (C=O) groups excluding carboxylic acids is 1. The van der Waals surface area contributed by atoms with E-state index in [0.29, 0.717) is 5.92 Å². The van der Waals surface area contributed by atoms with Crippen LogP contribution in [0.4, 0.5) is 0 Å². The van der Waals surface area contributed by atoms with Crippen molar-refractivity contribution in [1.29, 1.82) is 0 Å². The van der Waals surface area contributed by atoms with Crippen molar-refractivity contribution < 1.29 is 4.79 Å². The number of allylic oxidation sites excluding steroid dienone is 3. The minimum atomic E-state index is 0.0341. The molecule has 21 heavy (non-hydrogen) atoms. The number of aliphatic imine (C=N–C) groups is 1. The number of hydrogen-bond donors (Lipinski definition) is 1. The van der Waals surface area contributed by atoms with Gasteiger partial charge >= 0.3 is 0 Å². The fraction of sp³-hybridized carbons (Fsp3) is 0.500. The van der Waals surface area contributed by atoms with Crippen molar-refractivity contribution in [3.63, 3.8) is 0 Å². The smallest absolute Gasteiger partial charge is 0.242 e. The van der Waals surface area contributed by atoms with Crippen LogP contribution in [0.3, 0.4) is 0 Å². The lowest BCUT2D eigenvalue weighted by atomic mass is 9.74. The molecule has 0 bridgehead atoms. The summed E-state index contributed by atoms with van der Waals surface area (Å²) in [4.78, 5) is 17.2. The molecular formula is C16H19N3OS. The van der Waals surface area contributed by atoms with Crippen molar-refractivity contribution >= 4 is 23.9 Å². The van der Waals surface area contributed by atoms with Crippen molar-refractivity contribution in [3.05, 3.63) is 36.2 Å². The van der Waals surface area contributed by atoms with E-state index in [0.717, 1.165) is 37.3 Å². The van der Waals surface area contributed by atoms with Crippen LogP contribution in [0, 0.1) is 11.8 Å². The van der Waals surface area contributed by atoms with Crippen LogP contribution < -0.4 is 5.43 Å². The van der Waals surface area contributed by atoms with Crippen molar-refractivity contribution in [3.8, 4) is 0 Å². The molecule has 4 nitrogen and oxygen atoms in total. The number of nitrogens with zero attached hydrogens (tertiary/aromatic N) is 2. The fourth-order valence-corrected chi connectivity index (χ4v) is 5.56. The van der Waals surface area contributed by atoms with Gasteiger partial charge in [0, 0.05) is 24.7 Å². The van der Waals surface area contributed by atoms with Gasteiger partial charge in [0.2, 0.25) is 5.91 Å². The lowest BCUT2D eigenvalue weighted by Crippen LogP contribution is -2.46. The molecule has 0 aromatic carbocycles. The number of amides is 1. The first-order chi connectivity index (χ1) is 10.3. The normalized spacial score (nSPS) is 36.4. The Morgan fingerprint density at radius 2 is 2.43 bits per heavy atom. The van der Waals surface area contributed by atoms with Crippen molar-refractivity contribution in [2.45, 2.75) is 24.0 Å². The average molecular weight is 301 g/mol. The molecule has 3 atom stereocenters. The number of thioether (sulfide) groups is 1. The Bertz CT molecular complexity index is 580. The molecule has 3 aliphatic heterocycles. The molecule has 0 aromatic rings. The first-order valence-corrected chi connectivity index (χ1v) is 8.56. The topological polar surface area (TPSA) is 44.7 Å². The molecule has 1 saturated heterocycles. The molecule has 3 unspecified atom stereocenters. The van der Waals surface area contributed by atoms with Crippen LogP contribution in [0.1, 0.15) is 19.3 Å². The highest BCUT2D eigenvalue weighted by molar-refractivity contribution is 8.01. The van der Waals surface area contributed by atoms with Gasteiger partial charge in [0.1, 0.15) is 0 Å².